The Bertz CT molecular complexity index is 629. The molecule has 0 saturated heterocycles. The van der Waals surface area contributed by atoms with Crippen LogP contribution in [0, 0.1) is 5.92 Å². The third-order valence-corrected chi connectivity index (χ3v) is 4.09. The van der Waals surface area contributed by atoms with Crippen LogP contribution in [0.4, 0.5) is 23.2 Å². The van der Waals surface area contributed by atoms with E-state index in [0.717, 1.165) is 0 Å². The molecule has 3 rings (SSSR count). The molecule has 0 radical (unpaired) electrons. The molecule has 120 valence electrons. The summed E-state index contributed by atoms with van der Waals surface area (Å²) in [5.74, 6) is -4.73. The summed E-state index contributed by atoms with van der Waals surface area (Å²) < 4.78 is 60.1. The molecule has 0 spiro atoms. The highest BCUT2D eigenvalue weighted by molar-refractivity contribution is 5.83. The molecule has 1 aliphatic heterocycles. The number of ether oxygens (including phenoxy) is 1. The number of nitrogens with two attached hydrogens (primary N) is 2. The van der Waals surface area contributed by atoms with Crippen molar-refractivity contribution in [3.8, 4) is 0 Å². The lowest BCUT2D eigenvalue weighted by atomic mass is 9.77. The highest BCUT2D eigenvalue weighted by atomic mass is 19.4. The van der Waals surface area contributed by atoms with Gasteiger partial charge in [-0.1, -0.05) is 12.1 Å². The molecule has 1 aromatic carbocycles. The van der Waals surface area contributed by atoms with Crippen molar-refractivity contribution in [2.45, 2.75) is 30.4 Å². The van der Waals surface area contributed by atoms with E-state index in [1.807, 2.05) is 0 Å². The lowest BCUT2D eigenvalue weighted by Gasteiger charge is -2.46. The van der Waals surface area contributed by atoms with E-state index in [0.29, 0.717) is 12.8 Å². The molecule has 2 aliphatic rings. The Labute approximate surface area is 124 Å². The number of benzene rings is 1. The maximum Gasteiger partial charge on any atom is 0.451 e. The van der Waals surface area contributed by atoms with Crippen molar-refractivity contribution < 1.29 is 22.3 Å². The summed E-state index contributed by atoms with van der Waals surface area (Å²) in [7, 11) is 0. The van der Waals surface area contributed by atoms with Gasteiger partial charge in [0.25, 0.3) is 0 Å². The zero-order valence-corrected chi connectivity index (χ0v) is 11.5. The van der Waals surface area contributed by atoms with Crippen LogP contribution in [0.25, 0.3) is 0 Å². The molecule has 1 aliphatic carbocycles. The summed E-state index contributed by atoms with van der Waals surface area (Å²) in [6.45, 7) is -0.702. The van der Waals surface area contributed by atoms with Crippen LogP contribution >= 0.6 is 0 Å². The first-order valence-electron chi connectivity index (χ1n) is 6.80. The minimum atomic E-state index is -5.25. The number of halogens is 4. The molecule has 8 heteroatoms. The van der Waals surface area contributed by atoms with E-state index in [1.165, 1.54) is 24.3 Å². The number of hydrogen-bond donors (Lipinski definition) is 2. The number of aliphatic imine (C=N–C) groups is 1. The van der Waals surface area contributed by atoms with Gasteiger partial charge in [-0.15, -0.1) is 0 Å². The summed E-state index contributed by atoms with van der Waals surface area (Å²) in [4.78, 5) is 3.93. The average molecular weight is 317 g/mol. The van der Waals surface area contributed by atoms with Crippen molar-refractivity contribution in [1.29, 1.82) is 0 Å². The van der Waals surface area contributed by atoms with Crippen molar-refractivity contribution in [2.75, 3.05) is 12.3 Å². The molecular formula is C14H15F4N3O. The molecule has 2 unspecified atom stereocenters. The predicted octanol–water partition coefficient (Wildman–Crippen LogP) is 2.49. The summed E-state index contributed by atoms with van der Waals surface area (Å²) in [5.41, 5.74) is 9.23. The van der Waals surface area contributed by atoms with Gasteiger partial charge in [0.05, 0.1) is 0 Å². The maximum absolute atomic E-state index is 15.1. The van der Waals surface area contributed by atoms with E-state index in [-0.39, 0.29) is 17.1 Å². The van der Waals surface area contributed by atoms with Crippen LogP contribution in [-0.2, 0) is 10.3 Å². The van der Waals surface area contributed by atoms with Gasteiger partial charge in [0, 0.05) is 5.69 Å². The summed E-state index contributed by atoms with van der Waals surface area (Å²) >= 11 is 0. The highest BCUT2D eigenvalue weighted by Gasteiger charge is 2.76. The highest BCUT2D eigenvalue weighted by Crippen LogP contribution is 2.61. The number of anilines is 1. The smallest absolute Gasteiger partial charge is 0.399 e. The first kappa shape index (κ1) is 15.1. The summed E-state index contributed by atoms with van der Waals surface area (Å²) in [5, 5.41) is 0. The standard InChI is InChI=1S/C14H15F4N3O/c15-13(14(16,17)18)12(8-4-5-8,21-11(20)7-22-13)9-2-1-3-10(19)6-9/h1-3,6,8H,4-5,7,19H2,(H2,20,21). The zero-order chi connectivity index (χ0) is 16.2. The number of nitrogen functional groups attached to an aromatic ring is 1. The number of hydrogen-bond acceptors (Lipinski definition) is 4. The van der Waals surface area contributed by atoms with Crippen molar-refractivity contribution in [2.24, 2.45) is 16.6 Å². The lowest BCUT2D eigenvalue weighted by Crippen LogP contribution is -2.63. The normalized spacial score (nSPS) is 32.6. The predicted molar refractivity (Wildman–Crippen MR) is 72.7 cm³/mol. The molecule has 0 aromatic heterocycles. The van der Waals surface area contributed by atoms with Gasteiger partial charge in [0.15, 0.2) is 5.54 Å². The first-order valence-corrected chi connectivity index (χ1v) is 6.80. The molecular weight excluding hydrogens is 302 g/mol. The van der Waals surface area contributed by atoms with Crippen LogP contribution in [0.2, 0.25) is 0 Å². The number of rotatable bonds is 2. The molecule has 4 nitrogen and oxygen atoms in total. The van der Waals surface area contributed by atoms with E-state index in [2.05, 4.69) is 9.73 Å². The largest absolute Gasteiger partial charge is 0.451 e. The lowest BCUT2D eigenvalue weighted by molar-refractivity contribution is -0.362. The molecule has 1 fully saturated rings. The topological polar surface area (TPSA) is 73.6 Å². The van der Waals surface area contributed by atoms with Gasteiger partial charge in [-0.25, -0.2) is 0 Å². The van der Waals surface area contributed by atoms with Gasteiger partial charge >= 0.3 is 12.0 Å². The van der Waals surface area contributed by atoms with E-state index < -0.39 is 30.1 Å². The van der Waals surface area contributed by atoms with Crippen LogP contribution in [0.5, 0.6) is 0 Å². The number of alkyl halides is 4. The summed E-state index contributed by atoms with van der Waals surface area (Å²) in [6, 6.07) is 5.64. The van der Waals surface area contributed by atoms with Crippen LogP contribution in [-0.4, -0.2) is 24.5 Å². The minimum Gasteiger partial charge on any atom is -0.399 e. The third kappa shape index (κ3) is 1.97. The van der Waals surface area contributed by atoms with E-state index >= 15 is 4.39 Å². The number of nitrogens with zero attached hydrogens (tertiary/aromatic N) is 1. The maximum atomic E-state index is 15.1. The van der Waals surface area contributed by atoms with E-state index in [1.54, 1.807) is 0 Å². The molecule has 0 amide bonds. The van der Waals surface area contributed by atoms with Gasteiger partial charge in [-0.3, -0.25) is 4.99 Å². The first-order chi connectivity index (χ1) is 10.2. The Hall–Kier alpha value is -1.83. The Balaban J connectivity index is 2.28. The zero-order valence-electron chi connectivity index (χ0n) is 11.5. The van der Waals surface area contributed by atoms with Crippen LogP contribution in [0.1, 0.15) is 18.4 Å². The van der Waals surface area contributed by atoms with E-state index in [9.17, 15) is 13.2 Å². The van der Waals surface area contributed by atoms with Crippen molar-refractivity contribution >= 4 is 11.5 Å². The van der Waals surface area contributed by atoms with E-state index in [4.69, 9.17) is 11.5 Å². The van der Waals surface area contributed by atoms with Crippen molar-refractivity contribution in [3.05, 3.63) is 29.8 Å². The number of amidine groups is 1. The minimum absolute atomic E-state index is 0.0254. The van der Waals surface area contributed by atoms with Crippen LogP contribution < -0.4 is 11.5 Å². The molecule has 4 N–H and O–H groups in total. The fourth-order valence-electron chi connectivity index (χ4n) is 3.03. The SMILES string of the molecule is NC1=NC(c2cccc(N)c2)(C2CC2)C(F)(C(F)(F)F)OC1. The average Bonchev–Trinajstić information content (AvgIpc) is 3.25. The van der Waals surface area contributed by atoms with Gasteiger partial charge in [-0.05, 0) is 36.5 Å². The molecule has 2 atom stereocenters. The quantitative estimate of drug-likeness (QED) is 0.650. The van der Waals surface area contributed by atoms with Gasteiger partial charge in [-0.2, -0.15) is 17.6 Å². The third-order valence-electron chi connectivity index (χ3n) is 4.09. The second-order valence-electron chi connectivity index (χ2n) is 5.65. The molecule has 0 bridgehead atoms. The Morgan fingerprint density at radius 3 is 2.45 bits per heavy atom. The molecule has 1 heterocycles. The molecule has 1 saturated carbocycles. The monoisotopic (exact) mass is 317 g/mol. The second-order valence-corrected chi connectivity index (χ2v) is 5.65. The fraction of sp³-hybridized carbons (Fsp3) is 0.500. The second kappa shape index (κ2) is 4.58. The van der Waals surface area contributed by atoms with Crippen molar-refractivity contribution in [1.82, 2.24) is 0 Å². The molecule has 1 aromatic rings. The Morgan fingerprint density at radius 1 is 1.23 bits per heavy atom. The van der Waals surface area contributed by atoms with Crippen molar-refractivity contribution in [3.63, 3.8) is 0 Å². The van der Waals surface area contributed by atoms with Crippen LogP contribution in [0.15, 0.2) is 29.3 Å². The van der Waals surface area contributed by atoms with Crippen LogP contribution in [0.3, 0.4) is 0 Å². The summed E-state index contributed by atoms with van der Waals surface area (Å²) in [6.07, 6.45) is -4.42. The fourth-order valence-corrected chi connectivity index (χ4v) is 3.03. The van der Waals surface area contributed by atoms with Gasteiger partial charge in [0.1, 0.15) is 12.4 Å². The van der Waals surface area contributed by atoms with Gasteiger partial charge < -0.3 is 16.2 Å². The molecule has 22 heavy (non-hydrogen) atoms. The van der Waals surface area contributed by atoms with Gasteiger partial charge in [0.2, 0.25) is 0 Å². The Morgan fingerprint density at radius 2 is 1.91 bits per heavy atom. The Kier molecular flexibility index (Phi) is 3.14.